The van der Waals surface area contributed by atoms with Gasteiger partial charge in [-0.1, -0.05) is 17.7 Å². The molecule has 82 valence electrons. The number of carbonyl (C=O) groups excluding carboxylic acids is 1. The molecule has 0 aliphatic heterocycles. The first-order valence-electron chi connectivity index (χ1n) is 5.03. The van der Waals surface area contributed by atoms with E-state index in [0.29, 0.717) is 12.2 Å². The van der Waals surface area contributed by atoms with Gasteiger partial charge in [0, 0.05) is 6.08 Å². The average Bonchev–Trinajstić information content (AvgIpc) is 2.27. The lowest BCUT2D eigenvalue weighted by atomic mass is 10.1. The number of hydrogen-bond acceptors (Lipinski definition) is 3. The highest BCUT2D eigenvalue weighted by Gasteiger charge is 2.00. The van der Waals surface area contributed by atoms with Gasteiger partial charge in [-0.3, -0.25) is 0 Å². The van der Waals surface area contributed by atoms with E-state index < -0.39 is 5.97 Å². The van der Waals surface area contributed by atoms with Crippen molar-refractivity contribution in [1.82, 2.24) is 0 Å². The summed E-state index contributed by atoms with van der Waals surface area (Å²) in [5.74, 6) is -0.395. The van der Waals surface area contributed by atoms with Crippen molar-refractivity contribution >= 4 is 12.0 Å². The lowest BCUT2D eigenvalue weighted by molar-refractivity contribution is -0.137. The molecule has 3 nitrogen and oxygen atoms in total. The van der Waals surface area contributed by atoms with Crippen molar-refractivity contribution in [2.45, 2.75) is 13.8 Å². The Kier molecular flexibility index (Phi) is 4.28. The van der Waals surface area contributed by atoms with Crippen LogP contribution in [0.4, 0.5) is 0 Å². The van der Waals surface area contributed by atoms with Crippen LogP contribution < -0.4 is 0 Å². The number of aryl methyl sites for hydroxylation is 1. The van der Waals surface area contributed by atoms with Crippen LogP contribution in [0.15, 0.2) is 24.3 Å². The Morgan fingerprint density at radius 2 is 2.31 bits per heavy atom. The molecule has 0 amide bonds. The van der Waals surface area contributed by atoms with Crippen LogP contribution in [-0.2, 0) is 9.53 Å². The summed E-state index contributed by atoms with van der Waals surface area (Å²) in [5.41, 5.74) is 2.32. The summed E-state index contributed by atoms with van der Waals surface area (Å²) in [4.78, 5) is 11.1. The van der Waals surface area contributed by atoms with Crippen molar-refractivity contribution in [3.8, 4) is 6.07 Å². The molecule has 0 N–H and O–H groups in total. The molecule has 0 fully saturated rings. The lowest BCUT2D eigenvalue weighted by Gasteiger charge is -1.99. The van der Waals surface area contributed by atoms with E-state index in [0.717, 1.165) is 11.1 Å². The molecule has 0 bridgehead atoms. The maximum absolute atomic E-state index is 11.1. The number of hydrogen-bond donors (Lipinski definition) is 0. The first-order chi connectivity index (χ1) is 7.67. The largest absolute Gasteiger partial charge is 0.463 e. The third-order valence-electron chi connectivity index (χ3n) is 2.01. The molecular formula is C13H13NO2. The molecule has 0 aliphatic rings. The molecule has 1 aromatic rings. The normalized spacial score (nSPS) is 10.1. The van der Waals surface area contributed by atoms with Gasteiger partial charge < -0.3 is 4.74 Å². The molecule has 0 unspecified atom stereocenters. The van der Waals surface area contributed by atoms with E-state index >= 15 is 0 Å². The van der Waals surface area contributed by atoms with Crippen LogP contribution in [-0.4, -0.2) is 12.6 Å². The minimum absolute atomic E-state index is 0.349. The van der Waals surface area contributed by atoms with Gasteiger partial charge in [0.15, 0.2) is 0 Å². The lowest BCUT2D eigenvalue weighted by Crippen LogP contribution is -1.98. The highest BCUT2D eigenvalue weighted by atomic mass is 16.5. The Morgan fingerprint density at radius 1 is 1.56 bits per heavy atom. The van der Waals surface area contributed by atoms with Gasteiger partial charge in [-0.2, -0.15) is 5.26 Å². The van der Waals surface area contributed by atoms with Crippen LogP contribution in [0.25, 0.3) is 6.08 Å². The van der Waals surface area contributed by atoms with Crippen LogP contribution in [0.2, 0.25) is 0 Å². The predicted molar refractivity (Wildman–Crippen MR) is 61.6 cm³/mol. The molecule has 0 heterocycles. The minimum atomic E-state index is -0.395. The summed E-state index contributed by atoms with van der Waals surface area (Å²) >= 11 is 0. The van der Waals surface area contributed by atoms with Gasteiger partial charge in [0.25, 0.3) is 0 Å². The molecule has 1 rings (SSSR count). The standard InChI is InChI=1S/C13H13NO2/c1-3-16-13(15)7-6-11-8-10(2)4-5-12(11)9-14/h4-8H,3H2,1-2H3/b7-6+. The zero-order valence-electron chi connectivity index (χ0n) is 9.36. The maximum Gasteiger partial charge on any atom is 0.330 e. The van der Waals surface area contributed by atoms with Gasteiger partial charge in [-0.15, -0.1) is 0 Å². The van der Waals surface area contributed by atoms with E-state index in [1.54, 1.807) is 19.1 Å². The van der Waals surface area contributed by atoms with Crippen molar-refractivity contribution in [2.75, 3.05) is 6.61 Å². The average molecular weight is 215 g/mol. The van der Waals surface area contributed by atoms with E-state index in [1.807, 2.05) is 19.1 Å². The molecule has 0 saturated carbocycles. The third-order valence-corrected chi connectivity index (χ3v) is 2.01. The van der Waals surface area contributed by atoms with Gasteiger partial charge in [-0.05, 0) is 31.6 Å². The van der Waals surface area contributed by atoms with Crippen molar-refractivity contribution in [1.29, 1.82) is 5.26 Å². The molecule has 0 radical (unpaired) electrons. The Bertz CT molecular complexity index is 455. The van der Waals surface area contributed by atoms with Gasteiger partial charge >= 0.3 is 5.97 Å². The fourth-order valence-corrected chi connectivity index (χ4v) is 1.27. The van der Waals surface area contributed by atoms with E-state index in [4.69, 9.17) is 10.00 Å². The Hall–Kier alpha value is -2.08. The number of nitrogens with zero attached hydrogens (tertiary/aromatic N) is 1. The Labute approximate surface area is 95.0 Å². The Balaban J connectivity index is 2.92. The number of rotatable bonds is 3. The SMILES string of the molecule is CCOC(=O)/C=C/c1cc(C)ccc1C#N. The molecule has 0 atom stereocenters. The first kappa shape index (κ1) is 12.0. The summed E-state index contributed by atoms with van der Waals surface area (Å²) in [6.07, 6.45) is 2.93. The van der Waals surface area contributed by atoms with Crippen LogP contribution in [0.1, 0.15) is 23.6 Å². The van der Waals surface area contributed by atoms with Crippen LogP contribution in [0.3, 0.4) is 0 Å². The van der Waals surface area contributed by atoms with E-state index in [2.05, 4.69) is 6.07 Å². The molecule has 0 saturated heterocycles. The van der Waals surface area contributed by atoms with Crippen LogP contribution in [0, 0.1) is 18.3 Å². The first-order valence-corrected chi connectivity index (χ1v) is 5.03. The molecule has 0 aromatic heterocycles. The fraction of sp³-hybridized carbons (Fsp3) is 0.231. The second-order valence-electron chi connectivity index (χ2n) is 3.29. The van der Waals surface area contributed by atoms with E-state index in [-0.39, 0.29) is 0 Å². The number of nitriles is 1. The number of ether oxygens (including phenoxy) is 1. The maximum atomic E-state index is 11.1. The van der Waals surface area contributed by atoms with Crippen molar-refractivity contribution in [2.24, 2.45) is 0 Å². The summed E-state index contributed by atoms with van der Waals surface area (Å²) in [6, 6.07) is 7.53. The molecule has 16 heavy (non-hydrogen) atoms. The summed E-state index contributed by atoms with van der Waals surface area (Å²) in [6.45, 7) is 4.03. The van der Waals surface area contributed by atoms with E-state index in [9.17, 15) is 4.79 Å². The molecule has 0 spiro atoms. The summed E-state index contributed by atoms with van der Waals surface area (Å²) in [5, 5.41) is 8.88. The fourth-order valence-electron chi connectivity index (χ4n) is 1.27. The zero-order chi connectivity index (χ0) is 12.0. The quantitative estimate of drug-likeness (QED) is 0.574. The van der Waals surface area contributed by atoms with Crippen molar-refractivity contribution in [3.05, 3.63) is 41.0 Å². The van der Waals surface area contributed by atoms with Gasteiger partial charge in [0.05, 0.1) is 18.2 Å². The number of benzene rings is 1. The Morgan fingerprint density at radius 3 is 2.94 bits per heavy atom. The minimum Gasteiger partial charge on any atom is -0.463 e. The smallest absolute Gasteiger partial charge is 0.330 e. The summed E-state index contributed by atoms with van der Waals surface area (Å²) in [7, 11) is 0. The highest BCUT2D eigenvalue weighted by molar-refractivity contribution is 5.87. The van der Waals surface area contributed by atoms with Gasteiger partial charge in [0.2, 0.25) is 0 Å². The highest BCUT2D eigenvalue weighted by Crippen LogP contribution is 2.12. The third kappa shape index (κ3) is 3.25. The van der Waals surface area contributed by atoms with Crippen molar-refractivity contribution in [3.63, 3.8) is 0 Å². The molecular weight excluding hydrogens is 202 g/mol. The van der Waals surface area contributed by atoms with Crippen LogP contribution in [0.5, 0.6) is 0 Å². The predicted octanol–water partition coefficient (Wildman–Crippen LogP) is 2.44. The zero-order valence-corrected chi connectivity index (χ0v) is 9.36. The van der Waals surface area contributed by atoms with Gasteiger partial charge in [-0.25, -0.2) is 4.79 Å². The molecule has 3 heteroatoms. The number of esters is 1. The van der Waals surface area contributed by atoms with Crippen LogP contribution >= 0.6 is 0 Å². The monoisotopic (exact) mass is 215 g/mol. The van der Waals surface area contributed by atoms with Crippen molar-refractivity contribution < 1.29 is 9.53 Å². The topological polar surface area (TPSA) is 50.1 Å². The summed E-state index contributed by atoms with van der Waals surface area (Å²) < 4.78 is 4.76. The second-order valence-corrected chi connectivity index (χ2v) is 3.29. The van der Waals surface area contributed by atoms with Gasteiger partial charge in [0.1, 0.15) is 0 Å². The molecule has 1 aromatic carbocycles. The number of carbonyl (C=O) groups is 1. The van der Waals surface area contributed by atoms with E-state index in [1.165, 1.54) is 6.08 Å². The second kappa shape index (κ2) is 5.72. The molecule has 0 aliphatic carbocycles.